The van der Waals surface area contributed by atoms with Crippen LogP contribution < -0.4 is 0 Å². The van der Waals surface area contributed by atoms with Crippen molar-refractivity contribution in [3.63, 3.8) is 0 Å². The monoisotopic (exact) mass is 292 g/mol. The summed E-state index contributed by atoms with van der Waals surface area (Å²) in [6.45, 7) is 10.7. The second-order valence-electron chi connectivity index (χ2n) is 5.81. The van der Waals surface area contributed by atoms with E-state index in [-0.39, 0.29) is 12.2 Å². The van der Waals surface area contributed by atoms with Crippen LogP contribution in [0.2, 0.25) is 0 Å². The van der Waals surface area contributed by atoms with Crippen LogP contribution in [-0.2, 0) is 17.6 Å². The van der Waals surface area contributed by atoms with E-state index in [0.717, 1.165) is 16.7 Å². The van der Waals surface area contributed by atoms with Crippen molar-refractivity contribution in [3.05, 3.63) is 40.5 Å². The summed E-state index contributed by atoms with van der Waals surface area (Å²) >= 11 is 0. The van der Waals surface area contributed by atoms with Crippen molar-refractivity contribution < 1.29 is 20.1 Å². The van der Waals surface area contributed by atoms with E-state index in [1.807, 2.05) is 13.8 Å². The van der Waals surface area contributed by atoms with Gasteiger partial charge in [-0.25, -0.2) is 0 Å². The number of hydrogen-bond acceptors (Lipinski definition) is 3. The molecular formula is C17H24O4. The van der Waals surface area contributed by atoms with Crippen molar-refractivity contribution in [2.75, 3.05) is 0 Å². The Balaban J connectivity index is 3.28. The Hall–Kier alpha value is -1.81. The largest absolute Gasteiger partial charge is 0.507 e. The smallest absolute Gasteiger partial charge is 0.307 e. The van der Waals surface area contributed by atoms with Crippen LogP contribution in [0.5, 0.6) is 5.75 Å². The lowest BCUT2D eigenvalue weighted by Gasteiger charge is -2.22. The van der Waals surface area contributed by atoms with Gasteiger partial charge in [0.15, 0.2) is 0 Å². The highest BCUT2D eigenvalue weighted by Crippen LogP contribution is 2.34. The van der Waals surface area contributed by atoms with Crippen LogP contribution in [-0.4, -0.2) is 26.9 Å². The minimum absolute atomic E-state index is 0.0658. The summed E-state index contributed by atoms with van der Waals surface area (Å²) in [5.74, 6) is -0.700. The second-order valence-corrected chi connectivity index (χ2v) is 5.81. The third-order valence-corrected chi connectivity index (χ3v) is 4.21. The van der Waals surface area contributed by atoms with Crippen molar-refractivity contribution >= 4 is 5.97 Å². The van der Waals surface area contributed by atoms with E-state index in [9.17, 15) is 15.0 Å². The molecule has 3 N–H and O–H groups in total. The van der Waals surface area contributed by atoms with E-state index in [2.05, 4.69) is 6.58 Å². The molecule has 0 aromatic heterocycles. The molecule has 0 heterocycles. The molecule has 0 saturated heterocycles. The van der Waals surface area contributed by atoms with Gasteiger partial charge in [0.25, 0.3) is 0 Å². The Morgan fingerprint density at radius 1 is 1.19 bits per heavy atom. The summed E-state index contributed by atoms with van der Waals surface area (Å²) in [6.07, 6.45) is 2.28. The van der Waals surface area contributed by atoms with Crippen LogP contribution in [0.4, 0.5) is 0 Å². The molecule has 21 heavy (non-hydrogen) atoms. The Morgan fingerprint density at radius 3 is 2.24 bits per heavy atom. The number of carbonyl (C=O) groups is 1. The fourth-order valence-electron chi connectivity index (χ4n) is 2.47. The fraction of sp³-hybridized carbons (Fsp3) is 0.471. The number of rotatable bonds is 6. The van der Waals surface area contributed by atoms with Crippen molar-refractivity contribution in [2.45, 2.75) is 52.6 Å². The molecule has 0 aliphatic heterocycles. The van der Waals surface area contributed by atoms with E-state index < -0.39 is 11.6 Å². The Labute approximate surface area is 125 Å². The van der Waals surface area contributed by atoms with Gasteiger partial charge in [-0.1, -0.05) is 6.08 Å². The van der Waals surface area contributed by atoms with Gasteiger partial charge < -0.3 is 15.3 Å². The second kappa shape index (κ2) is 6.31. The summed E-state index contributed by atoms with van der Waals surface area (Å²) in [7, 11) is 0. The summed E-state index contributed by atoms with van der Waals surface area (Å²) < 4.78 is 0. The number of benzene rings is 1. The first-order valence-corrected chi connectivity index (χ1v) is 6.99. The maximum atomic E-state index is 11.0. The first kappa shape index (κ1) is 17.2. The lowest BCUT2D eigenvalue weighted by atomic mass is 9.87. The molecule has 0 amide bonds. The molecule has 0 saturated carbocycles. The van der Waals surface area contributed by atoms with Gasteiger partial charge >= 0.3 is 5.97 Å². The molecule has 0 fully saturated rings. The first-order valence-electron chi connectivity index (χ1n) is 6.99. The minimum Gasteiger partial charge on any atom is -0.507 e. The molecule has 0 spiro atoms. The van der Waals surface area contributed by atoms with Crippen LogP contribution in [0, 0.1) is 20.8 Å². The van der Waals surface area contributed by atoms with Crippen molar-refractivity contribution in [2.24, 2.45) is 0 Å². The lowest BCUT2D eigenvalue weighted by Crippen LogP contribution is -2.21. The molecule has 4 heteroatoms. The maximum absolute atomic E-state index is 11.0. The molecular weight excluding hydrogens is 268 g/mol. The zero-order valence-corrected chi connectivity index (χ0v) is 13.2. The summed E-state index contributed by atoms with van der Waals surface area (Å²) in [4.78, 5) is 11.0. The van der Waals surface area contributed by atoms with Gasteiger partial charge in [-0.2, -0.15) is 0 Å². The van der Waals surface area contributed by atoms with Gasteiger partial charge in [-0.15, -0.1) is 6.58 Å². The highest BCUT2D eigenvalue weighted by Gasteiger charge is 2.21. The molecule has 1 aromatic carbocycles. The normalized spacial score (nSPS) is 13.8. The molecule has 1 aromatic rings. The van der Waals surface area contributed by atoms with Crippen LogP contribution in [0.15, 0.2) is 12.7 Å². The summed E-state index contributed by atoms with van der Waals surface area (Å²) in [6, 6.07) is 0. The minimum atomic E-state index is -1.01. The SMILES string of the molecule is C=CC(C)(O)CCc1c(C)c(CC(=O)O)c(C)c(C)c1O. The van der Waals surface area contributed by atoms with Crippen LogP contribution in [0.25, 0.3) is 0 Å². The number of hydrogen-bond donors (Lipinski definition) is 3. The molecule has 0 aliphatic carbocycles. The zero-order chi connectivity index (χ0) is 16.4. The first-order chi connectivity index (χ1) is 9.60. The van der Waals surface area contributed by atoms with Crippen molar-refractivity contribution in [1.29, 1.82) is 0 Å². The summed E-state index contributed by atoms with van der Waals surface area (Å²) in [5, 5.41) is 29.4. The molecule has 1 unspecified atom stereocenters. The number of aliphatic carboxylic acids is 1. The van der Waals surface area contributed by atoms with E-state index in [4.69, 9.17) is 5.11 Å². The van der Waals surface area contributed by atoms with Gasteiger partial charge in [0.05, 0.1) is 12.0 Å². The molecule has 1 rings (SSSR count). The van der Waals surface area contributed by atoms with E-state index in [0.29, 0.717) is 24.0 Å². The third-order valence-electron chi connectivity index (χ3n) is 4.21. The highest BCUT2D eigenvalue weighted by atomic mass is 16.4. The Kier molecular flexibility index (Phi) is 5.18. The van der Waals surface area contributed by atoms with Crippen LogP contribution >= 0.6 is 0 Å². The average molecular weight is 292 g/mol. The van der Waals surface area contributed by atoms with Gasteiger partial charge in [0.2, 0.25) is 0 Å². The summed E-state index contributed by atoms with van der Waals surface area (Å²) in [5.41, 5.74) is 2.74. The average Bonchev–Trinajstić information content (AvgIpc) is 2.41. The third kappa shape index (κ3) is 3.85. The topological polar surface area (TPSA) is 77.8 Å². The molecule has 0 radical (unpaired) electrons. The van der Waals surface area contributed by atoms with Gasteiger partial charge in [-0.05, 0) is 68.4 Å². The molecule has 116 valence electrons. The molecule has 0 aliphatic rings. The van der Waals surface area contributed by atoms with Gasteiger partial charge in [0, 0.05) is 0 Å². The number of aliphatic hydroxyl groups is 1. The van der Waals surface area contributed by atoms with E-state index in [1.165, 1.54) is 6.08 Å². The molecule has 4 nitrogen and oxygen atoms in total. The number of carboxylic acids is 1. The quantitative estimate of drug-likeness (QED) is 0.705. The van der Waals surface area contributed by atoms with Crippen molar-refractivity contribution in [1.82, 2.24) is 0 Å². The standard InChI is InChI=1S/C17H24O4/c1-6-17(5,21)8-7-13-12(4)14(9-15(18)19)10(2)11(3)16(13)20/h6,20-21H,1,7-9H2,2-5H3,(H,18,19). The van der Waals surface area contributed by atoms with Gasteiger partial charge in [0.1, 0.15) is 5.75 Å². The maximum Gasteiger partial charge on any atom is 0.307 e. The van der Waals surface area contributed by atoms with Gasteiger partial charge in [-0.3, -0.25) is 4.79 Å². The number of phenols is 1. The number of phenolic OH excluding ortho intramolecular Hbond substituents is 1. The van der Waals surface area contributed by atoms with Crippen LogP contribution in [0.1, 0.15) is 41.2 Å². The predicted molar refractivity (Wildman–Crippen MR) is 82.8 cm³/mol. The highest BCUT2D eigenvalue weighted by molar-refractivity contribution is 5.72. The molecule has 0 bridgehead atoms. The number of carboxylic acid groups (broad SMARTS) is 1. The Bertz CT molecular complexity index is 571. The van der Waals surface area contributed by atoms with E-state index >= 15 is 0 Å². The predicted octanol–water partition coefficient (Wildman–Crippen LogP) is 2.81. The molecule has 1 atom stereocenters. The number of aromatic hydroxyl groups is 1. The zero-order valence-electron chi connectivity index (χ0n) is 13.2. The van der Waals surface area contributed by atoms with Crippen molar-refractivity contribution in [3.8, 4) is 5.75 Å². The lowest BCUT2D eigenvalue weighted by molar-refractivity contribution is -0.136. The fourth-order valence-corrected chi connectivity index (χ4v) is 2.47. The van der Waals surface area contributed by atoms with Crippen LogP contribution in [0.3, 0.4) is 0 Å². The Morgan fingerprint density at radius 2 is 1.76 bits per heavy atom. The van der Waals surface area contributed by atoms with E-state index in [1.54, 1.807) is 13.8 Å².